The maximum absolute atomic E-state index is 13.1. The number of rotatable bonds is 5. The van der Waals surface area contributed by atoms with E-state index in [0.717, 1.165) is 50.4 Å². The molecule has 1 N–H and O–H groups in total. The van der Waals surface area contributed by atoms with Gasteiger partial charge in [-0.1, -0.05) is 30.3 Å². The molecule has 4 rings (SSSR count). The van der Waals surface area contributed by atoms with Crippen molar-refractivity contribution in [1.29, 1.82) is 0 Å². The average molecular weight is 393 g/mol. The second-order valence-corrected chi connectivity index (χ2v) is 7.69. The molecule has 2 aromatic carbocycles. The standard InChI is InChI=1S/C23H28N4O2/c28-22(26-12-6-7-13-26)18-25-14-16-27(17-15-25)23(29)20-10-4-5-11-21(20)24-19-8-2-1-3-9-19/h1-5,8-11,24H,6-7,12-18H2. The number of anilines is 2. The van der Waals surface area contributed by atoms with Gasteiger partial charge in [-0.2, -0.15) is 0 Å². The highest BCUT2D eigenvalue weighted by atomic mass is 16.2. The van der Waals surface area contributed by atoms with E-state index in [-0.39, 0.29) is 11.8 Å². The van der Waals surface area contributed by atoms with Crippen molar-refractivity contribution >= 4 is 23.2 Å². The molecule has 0 aromatic heterocycles. The Labute approximate surface area is 172 Å². The van der Waals surface area contributed by atoms with Crippen LogP contribution in [0.4, 0.5) is 11.4 Å². The Morgan fingerprint density at radius 2 is 1.41 bits per heavy atom. The van der Waals surface area contributed by atoms with E-state index >= 15 is 0 Å². The lowest BCUT2D eigenvalue weighted by Crippen LogP contribution is -2.51. The maximum Gasteiger partial charge on any atom is 0.256 e. The van der Waals surface area contributed by atoms with E-state index in [1.807, 2.05) is 64.4 Å². The summed E-state index contributed by atoms with van der Waals surface area (Å²) in [4.78, 5) is 31.5. The third-order valence-corrected chi connectivity index (χ3v) is 5.69. The molecule has 29 heavy (non-hydrogen) atoms. The Bertz CT molecular complexity index is 841. The molecule has 0 radical (unpaired) electrons. The molecule has 0 aliphatic carbocycles. The van der Waals surface area contributed by atoms with Crippen LogP contribution < -0.4 is 5.32 Å². The van der Waals surface area contributed by atoms with Gasteiger partial charge in [0.1, 0.15) is 0 Å². The number of carbonyl (C=O) groups excluding carboxylic acids is 2. The van der Waals surface area contributed by atoms with E-state index in [1.54, 1.807) is 0 Å². The van der Waals surface area contributed by atoms with Crippen molar-refractivity contribution in [1.82, 2.24) is 14.7 Å². The van der Waals surface area contributed by atoms with Gasteiger partial charge < -0.3 is 15.1 Å². The van der Waals surface area contributed by atoms with E-state index in [0.29, 0.717) is 25.2 Å². The largest absolute Gasteiger partial charge is 0.355 e. The molecule has 6 heteroatoms. The van der Waals surface area contributed by atoms with Crippen LogP contribution in [0.2, 0.25) is 0 Å². The number of piperazine rings is 1. The first-order chi connectivity index (χ1) is 14.2. The predicted octanol–water partition coefficient (Wildman–Crippen LogP) is 2.81. The second kappa shape index (κ2) is 9.09. The van der Waals surface area contributed by atoms with Gasteiger partial charge in [-0.05, 0) is 37.1 Å². The molecular weight excluding hydrogens is 364 g/mol. The van der Waals surface area contributed by atoms with Gasteiger partial charge in [-0.3, -0.25) is 14.5 Å². The van der Waals surface area contributed by atoms with Crippen LogP contribution in [0.15, 0.2) is 54.6 Å². The minimum atomic E-state index is 0.0366. The highest BCUT2D eigenvalue weighted by Gasteiger charge is 2.26. The SMILES string of the molecule is O=C(CN1CCN(C(=O)c2ccccc2Nc2ccccc2)CC1)N1CCCC1. The number of carbonyl (C=O) groups is 2. The van der Waals surface area contributed by atoms with E-state index < -0.39 is 0 Å². The molecule has 0 unspecified atom stereocenters. The van der Waals surface area contributed by atoms with Crippen LogP contribution in [0, 0.1) is 0 Å². The first-order valence-corrected chi connectivity index (χ1v) is 10.4. The van der Waals surface area contributed by atoms with Gasteiger partial charge >= 0.3 is 0 Å². The predicted molar refractivity (Wildman–Crippen MR) is 114 cm³/mol. The number of benzene rings is 2. The number of hydrogen-bond acceptors (Lipinski definition) is 4. The van der Waals surface area contributed by atoms with E-state index in [4.69, 9.17) is 0 Å². The van der Waals surface area contributed by atoms with Crippen molar-refractivity contribution in [2.45, 2.75) is 12.8 Å². The lowest BCUT2D eigenvalue weighted by molar-refractivity contribution is -0.131. The van der Waals surface area contributed by atoms with Crippen LogP contribution in [0.25, 0.3) is 0 Å². The van der Waals surface area contributed by atoms with Crippen LogP contribution in [0.1, 0.15) is 23.2 Å². The van der Waals surface area contributed by atoms with Crippen molar-refractivity contribution in [2.24, 2.45) is 0 Å². The van der Waals surface area contributed by atoms with Gasteiger partial charge in [0.05, 0.1) is 17.8 Å². The van der Waals surface area contributed by atoms with E-state index in [9.17, 15) is 9.59 Å². The molecular formula is C23H28N4O2. The Kier molecular flexibility index (Phi) is 6.10. The average Bonchev–Trinajstić information content (AvgIpc) is 3.30. The van der Waals surface area contributed by atoms with Crippen LogP contribution in [-0.4, -0.2) is 72.3 Å². The molecule has 0 spiro atoms. The molecule has 2 saturated heterocycles. The summed E-state index contributed by atoms with van der Waals surface area (Å²) >= 11 is 0. The molecule has 0 atom stereocenters. The van der Waals surface area contributed by atoms with Gasteiger partial charge in [-0.15, -0.1) is 0 Å². The monoisotopic (exact) mass is 392 g/mol. The molecule has 2 aromatic rings. The summed E-state index contributed by atoms with van der Waals surface area (Å²) in [5.74, 6) is 0.259. The molecule has 2 amide bonds. The summed E-state index contributed by atoms with van der Waals surface area (Å²) in [6.07, 6.45) is 2.23. The van der Waals surface area contributed by atoms with E-state index in [1.165, 1.54) is 0 Å². The summed E-state index contributed by atoms with van der Waals surface area (Å²) in [6.45, 7) is 5.01. The molecule has 0 saturated carbocycles. The number of para-hydroxylation sites is 2. The molecule has 6 nitrogen and oxygen atoms in total. The number of nitrogens with zero attached hydrogens (tertiary/aromatic N) is 3. The van der Waals surface area contributed by atoms with Crippen LogP contribution in [0.3, 0.4) is 0 Å². The first kappa shape index (κ1) is 19.5. The van der Waals surface area contributed by atoms with Crippen LogP contribution in [-0.2, 0) is 4.79 Å². The van der Waals surface area contributed by atoms with Gasteiger partial charge in [-0.25, -0.2) is 0 Å². The number of amides is 2. The summed E-state index contributed by atoms with van der Waals surface area (Å²) in [7, 11) is 0. The minimum absolute atomic E-state index is 0.0366. The molecule has 2 heterocycles. The highest BCUT2D eigenvalue weighted by molar-refractivity contribution is 6.00. The van der Waals surface area contributed by atoms with Gasteiger partial charge in [0.2, 0.25) is 5.91 Å². The highest BCUT2D eigenvalue weighted by Crippen LogP contribution is 2.22. The lowest BCUT2D eigenvalue weighted by Gasteiger charge is -2.35. The third-order valence-electron chi connectivity index (χ3n) is 5.69. The zero-order valence-electron chi connectivity index (χ0n) is 16.7. The smallest absolute Gasteiger partial charge is 0.256 e. The fourth-order valence-corrected chi connectivity index (χ4v) is 3.99. The maximum atomic E-state index is 13.1. The minimum Gasteiger partial charge on any atom is -0.355 e. The van der Waals surface area contributed by atoms with Crippen molar-refractivity contribution < 1.29 is 9.59 Å². The molecule has 2 fully saturated rings. The fourth-order valence-electron chi connectivity index (χ4n) is 3.99. The molecule has 2 aliphatic rings. The van der Waals surface area contributed by atoms with Crippen LogP contribution in [0.5, 0.6) is 0 Å². The summed E-state index contributed by atoms with van der Waals surface area (Å²) in [6, 6.07) is 17.5. The number of hydrogen-bond donors (Lipinski definition) is 1. The summed E-state index contributed by atoms with van der Waals surface area (Å²) in [5, 5.41) is 3.35. The van der Waals surface area contributed by atoms with Crippen molar-refractivity contribution in [2.75, 3.05) is 51.1 Å². The van der Waals surface area contributed by atoms with Gasteiger partial charge in [0.15, 0.2) is 0 Å². The molecule has 2 aliphatic heterocycles. The van der Waals surface area contributed by atoms with Gasteiger partial charge in [0, 0.05) is 45.0 Å². The topological polar surface area (TPSA) is 55.9 Å². The van der Waals surface area contributed by atoms with Crippen LogP contribution >= 0.6 is 0 Å². The summed E-state index contributed by atoms with van der Waals surface area (Å²) < 4.78 is 0. The molecule has 0 bridgehead atoms. The Balaban J connectivity index is 1.35. The Hall–Kier alpha value is -2.86. The quantitative estimate of drug-likeness (QED) is 0.850. The lowest BCUT2D eigenvalue weighted by atomic mass is 10.1. The van der Waals surface area contributed by atoms with Crippen molar-refractivity contribution in [3.63, 3.8) is 0 Å². The second-order valence-electron chi connectivity index (χ2n) is 7.69. The van der Waals surface area contributed by atoms with Crippen molar-refractivity contribution in [3.05, 3.63) is 60.2 Å². The zero-order chi connectivity index (χ0) is 20.1. The normalized spacial score (nSPS) is 17.4. The Morgan fingerprint density at radius 3 is 2.14 bits per heavy atom. The summed E-state index contributed by atoms with van der Waals surface area (Å²) in [5.41, 5.74) is 2.45. The zero-order valence-corrected chi connectivity index (χ0v) is 16.7. The first-order valence-electron chi connectivity index (χ1n) is 10.4. The van der Waals surface area contributed by atoms with E-state index in [2.05, 4.69) is 10.2 Å². The molecule has 152 valence electrons. The fraction of sp³-hybridized carbons (Fsp3) is 0.391. The third kappa shape index (κ3) is 4.77. The number of nitrogens with one attached hydrogen (secondary N) is 1. The van der Waals surface area contributed by atoms with Crippen molar-refractivity contribution in [3.8, 4) is 0 Å². The van der Waals surface area contributed by atoms with Gasteiger partial charge in [0.25, 0.3) is 5.91 Å². The Morgan fingerprint density at radius 1 is 0.759 bits per heavy atom. The number of likely N-dealkylation sites (tertiary alicyclic amines) is 1.